The maximum Gasteiger partial charge on any atom is 0.264 e. The van der Waals surface area contributed by atoms with E-state index in [9.17, 15) is 4.79 Å². The number of hydrogen-bond donors (Lipinski definition) is 1. The Morgan fingerprint density at radius 2 is 1.92 bits per heavy atom. The van der Waals surface area contributed by atoms with Crippen LogP contribution < -0.4 is 10.1 Å². The number of nitrogens with zero attached hydrogens (tertiary/aromatic N) is 1. The summed E-state index contributed by atoms with van der Waals surface area (Å²) in [6.45, 7) is 4.08. The lowest BCUT2D eigenvalue weighted by Crippen LogP contribution is -2.19. The van der Waals surface area contributed by atoms with E-state index in [0.717, 1.165) is 22.6 Å². The van der Waals surface area contributed by atoms with Gasteiger partial charge in [-0.15, -0.1) is 0 Å². The fourth-order valence-electron chi connectivity index (χ4n) is 2.37. The monoisotopic (exact) mass is 338 g/mol. The number of nitrogens with one attached hydrogen (secondary N) is 1. The van der Waals surface area contributed by atoms with Crippen molar-refractivity contribution in [1.29, 1.82) is 0 Å². The first-order valence-corrected chi connectivity index (χ1v) is 8.39. The minimum absolute atomic E-state index is 0.144. The first-order valence-electron chi connectivity index (χ1n) is 7.57. The second-order valence-electron chi connectivity index (χ2n) is 5.44. The highest BCUT2D eigenvalue weighted by molar-refractivity contribution is 8.18. The molecule has 0 saturated carbocycles. The number of amidine groups is 1. The number of carbonyl (C=O) groups is 1. The Kier molecular flexibility index (Phi) is 4.71. The third kappa shape index (κ3) is 3.36. The van der Waals surface area contributed by atoms with Gasteiger partial charge in [0, 0.05) is 5.56 Å². The number of aryl methyl sites for hydroxylation is 1. The van der Waals surface area contributed by atoms with Crippen molar-refractivity contribution in [2.24, 2.45) is 4.99 Å². The molecule has 1 saturated heterocycles. The van der Waals surface area contributed by atoms with Gasteiger partial charge in [0.2, 0.25) is 0 Å². The fourth-order valence-corrected chi connectivity index (χ4v) is 3.20. The Labute approximate surface area is 145 Å². The number of hydrogen-bond acceptors (Lipinski definition) is 4. The van der Waals surface area contributed by atoms with Crippen molar-refractivity contribution in [2.45, 2.75) is 13.8 Å². The quantitative estimate of drug-likeness (QED) is 0.853. The van der Waals surface area contributed by atoms with E-state index >= 15 is 0 Å². The van der Waals surface area contributed by atoms with Gasteiger partial charge in [0.25, 0.3) is 5.91 Å². The van der Waals surface area contributed by atoms with E-state index in [-0.39, 0.29) is 5.91 Å². The van der Waals surface area contributed by atoms with E-state index < -0.39 is 0 Å². The van der Waals surface area contributed by atoms with Crippen LogP contribution in [0.5, 0.6) is 5.75 Å². The lowest BCUT2D eigenvalue weighted by Gasteiger charge is -2.04. The summed E-state index contributed by atoms with van der Waals surface area (Å²) in [7, 11) is 1.62. The molecule has 1 aliphatic heterocycles. The van der Waals surface area contributed by atoms with Crippen LogP contribution in [0.1, 0.15) is 16.7 Å². The minimum atomic E-state index is -0.144. The largest absolute Gasteiger partial charge is 0.496 e. The summed E-state index contributed by atoms with van der Waals surface area (Å²) in [5.41, 5.74) is 4.03. The number of carbonyl (C=O) groups excluding carboxylic acids is 1. The van der Waals surface area contributed by atoms with Crippen molar-refractivity contribution < 1.29 is 9.53 Å². The van der Waals surface area contributed by atoms with Crippen molar-refractivity contribution in [2.75, 3.05) is 7.11 Å². The summed E-state index contributed by atoms with van der Waals surface area (Å²) < 4.78 is 5.33. The number of ether oxygens (including phenoxy) is 1. The van der Waals surface area contributed by atoms with E-state index in [0.29, 0.717) is 10.1 Å². The summed E-state index contributed by atoms with van der Waals surface area (Å²) in [5.74, 6) is 0.591. The number of benzene rings is 2. The molecular weight excluding hydrogens is 320 g/mol. The Morgan fingerprint density at radius 3 is 2.71 bits per heavy atom. The van der Waals surface area contributed by atoms with Gasteiger partial charge >= 0.3 is 0 Å². The van der Waals surface area contributed by atoms with E-state index in [4.69, 9.17) is 4.74 Å². The average molecular weight is 338 g/mol. The second-order valence-corrected chi connectivity index (χ2v) is 6.47. The smallest absolute Gasteiger partial charge is 0.264 e. The summed E-state index contributed by atoms with van der Waals surface area (Å²) in [6.07, 6.45) is 1.82. The summed E-state index contributed by atoms with van der Waals surface area (Å²) in [4.78, 5) is 17.4. The van der Waals surface area contributed by atoms with Gasteiger partial charge in [0.05, 0.1) is 17.7 Å². The number of thioether (sulfide) groups is 1. The standard InChI is InChI=1S/C19H18N2O2S/c1-12-7-6-9-15(13(12)2)20-19-21-18(22)17(24-19)11-14-8-4-5-10-16(14)23-3/h4-11H,1-3H3,(H,20,21,22)/b17-11-. The van der Waals surface area contributed by atoms with Crippen LogP contribution in [-0.2, 0) is 4.79 Å². The normalized spacial score (nSPS) is 17.4. The fraction of sp³-hybridized carbons (Fsp3) is 0.158. The Balaban J connectivity index is 1.90. The van der Waals surface area contributed by atoms with Gasteiger partial charge in [0.1, 0.15) is 5.75 Å². The predicted molar refractivity (Wildman–Crippen MR) is 99.7 cm³/mol. The molecule has 1 aliphatic rings. The Morgan fingerprint density at radius 1 is 1.12 bits per heavy atom. The molecule has 24 heavy (non-hydrogen) atoms. The van der Waals surface area contributed by atoms with Crippen LogP contribution in [-0.4, -0.2) is 18.2 Å². The third-order valence-corrected chi connectivity index (χ3v) is 4.78. The summed E-state index contributed by atoms with van der Waals surface area (Å²) >= 11 is 1.34. The SMILES string of the molecule is COc1ccccc1/C=C1\SC(=Nc2cccc(C)c2C)NC1=O. The molecule has 1 amide bonds. The van der Waals surface area contributed by atoms with Crippen molar-refractivity contribution in [3.63, 3.8) is 0 Å². The second kappa shape index (κ2) is 6.93. The van der Waals surface area contributed by atoms with Crippen LogP contribution in [0.4, 0.5) is 5.69 Å². The summed E-state index contributed by atoms with van der Waals surface area (Å²) in [5, 5.41) is 3.41. The molecule has 0 atom stereocenters. The summed E-state index contributed by atoms with van der Waals surface area (Å²) in [6, 6.07) is 13.6. The van der Waals surface area contributed by atoms with Crippen molar-refractivity contribution in [1.82, 2.24) is 5.32 Å². The van der Waals surface area contributed by atoms with Crippen LogP contribution in [0, 0.1) is 13.8 Å². The highest BCUT2D eigenvalue weighted by Crippen LogP contribution is 2.31. The molecule has 122 valence electrons. The number of aliphatic imine (C=N–C) groups is 1. The number of para-hydroxylation sites is 1. The predicted octanol–water partition coefficient (Wildman–Crippen LogP) is 4.20. The molecule has 1 N–H and O–H groups in total. The topological polar surface area (TPSA) is 50.7 Å². The van der Waals surface area contributed by atoms with Gasteiger partial charge in [0.15, 0.2) is 5.17 Å². The van der Waals surface area contributed by atoms with Crippen molar-refractivity contribution in [3.8, 4) is 5.75 Å². The molecule has 4 nitrogen and oxygen atoms in total. The molecule has 0 spiro atoms. The minimum Gasteiger partial charge on any atom is -0.496 e. The zero-order chi connectivity index (χ0) is 17.1. The lowest BCUT2D eigenvalue weighted by molar-refractivity contribution is -0.115. The van der Waals surface area contributed by atoms with Crippen molar-refractivity contribution >= 4 is 34.6 Å². The molecule has 3 rings (SSSR count). The molecule has 0 bridgehead atoms. The van der Waals surface area contributed by atoms with Gasteiger partial charge in [-0.2, -0.15) is 0 Å². The molecule has 1 heterocycles. The lowest BCUT2D eigenvalue weighted by atomic mass is 10.1. The van der Waals surface area contributed by atoms with E-state index in [1.807, 2.05) is 62.4 Å². The van der Waals surface area contributed by atoms with Gasteiger partial charge in [-0.25, -0.2) is 4.99 Å². The Hall–Kier alpha value is -2.53. The van der Waals surface area contributed by atoms with Crippen molar-refractivity contribution in [3.05, 3.63) is 64.1 Å². The molecule has 0 radical (unpaired) electrons. The van der Waals surface area contributed by atoms with E-state index in [2.05, 4.69) is 10.3 Å². The highest BCUT2D eigenvalue weighted by atomic mass is 32.2. The van der Waals surface area contributed by atoms with Crippen LogP contribution in [0.15, 0.2) is 52.4 Å². The molecule has 5 heteroatoms. The molecule has 0 aliphatic carbocycles. The van der Waals surface area contributed by atoms with Gasteiger partial charge < -0.3 is 10.1 Å². The van der Waals surface area contributed by atoms with Crippen LogP contribution in [0.3, 0.4) is 0 Å². The molecular formula is C19H18N2O2S. The van der Waals surface area contributed by atoms with Crippen LogP contribution >= 0.6 is 11.8 Å². The van der Waals surface area contributed by atoms with Crippen LogP contribution in [0.25, 0.3) is 6.08 Å². The van der Waals surface area contributed by atoms with Crippen LogP contribution in [0.2, 0.25) is 0 Å². The molecule has 2 aromatic carbocycles. The maximum absolute atomic E-state index is 12.2. The number of rotatable bonds is 3. The van der Waals surface area contributed by atoms with E-state index in [1.165, 1.54) is 17.3 Å². The zero-order valence-electron chi connectivity index (χ0n) is 13.8. The van der Waals surface area contributed by atoms with Gasteiger partial charge in [-0.3, -0.25) is 4.79 Å². The molecule has 1 fully saturated rings. The van der Waals surface area contributed by atoms with Gasteiger partial charge in [-0.05, 0) is 54.9 Å². The third-order valence-electron chi connectivity index (χ3n) is 3.87. The molecule has 0 aromatic heterocycles. The molecule has 2 aromatic rings. The Bertz CT molecular complexity index is 856. The first-order chi connectivity index (χ1) is 11.6. The average Bonchev–Trinajstić information content (AvgIpc) is 2.92. The van der Waals surface area contributed by atoms with Gasteiger partial charge in [-0.1, -0.05) is 30.3 Å². The highest BCUT2D eigenvalue weighted by Gasteiger charge is 2.24. The number of amides is 1. The van der Waals surface area contributed by atoms with E-state index in [1.54, 1.807) is 7.11 Å². The first kappa shape index (κ1) is 16.3. The number of methoxy groups -OCH3 is 1. The zero-order valence-corrected chi connectivity index (χ0v) is 14.6. The molecule has 0 unspecified atom stereocenters. The maximum atomic E-state index is 12.2.